The van der Waals surface area contributed by atoms with E-state index in [1.54, 1.807) is 0 Å². The summed E-state index contributed by atoms with van der Waals surface area (Å²) in [4.78, 5) is 2.57. The Hall–Kier alpha value is -5.94. The lowest BCUT2D eigenvalue weighted by atomic mass is 9.70. The number of nitrogens with zero attached hydrogens (tertiary/aromatic N) is 1. The topological polar surface area (TPSA) is 3.24 Å². The van der Waals surface area contributed by atoms with Crippen LogP contribution in [0.2, 0.25) is 0 Å². The molecule has 1 atom stereocenters. The third-order valence-corrected chi connectivity index (χ3v) is 15.1. The van der Waals surface area contributed by atoms with Crippen LogP contribution in [0.25, 0.3) is 33.4 Å². The summed E-state index contributed by atoms with van der Waals surface area (Å²) < 4.78 is 0. The fourth-order valence-electron chi connectivity index (χ4n) is 11.7. The van der Waals surface area contributed by atoms with Crippen LogP contribution in [0.5, 0.6) is 0 Å². The Morgan fingerprint density at radius 3 is 1.33 bits per heavy atom. The second-order valence-corrected chi connectivity index (χ2v) is 19.4. The van der Waals surface area contributed by atoms with Crippen LogP contribution in [0.15, 0.2) is 170 Å². The molecule has 1 unspecified atom stereocenters. The van der Waals surface area contributed by atoms with E-state index in [0.29, 0.717) is 0 Å². The summed E-state index contributed by atoms with van der Waals surface area (Å²) in [5.41, 5.74) is 19.3. The second-order valence-electron chi connectivity index (χ2n) is 19.4. The van der Waals surface area contributed by atoms with E-state index in [1.807, 2.05) is 0 Å². The van der Waals surface area contributed by atoms with Crippen molar-refractivity contribution in [2.75, 3.05) is 0 Å². The molecule has 0 amide bonds. The Labute approximate surface area is 397 Å². The average molecular weight is 864 g/mol. The van der Waals surface area contributed by atoms with Crippen LogP contribution in [-0.2, 0) is 23.9 Å². The van der Waals surface area contributed by atoms with Crippen molar-refractivity contribution in [1.82, 2.24) is 4.90 Å². The lowest BCUT2D eigenvalue weighted by Gasteiger charge is -2.33. The molecule has 2 aliphatic rings. The molecule has 1 heteroatoms. The molecule has 0 spiro atoms. The molecule has 334 valence electrons. The number of hydrogen-bond donors (Lipinski definition) is 0. The van der Waals surface area contributed by atoms with Gasteiger partial charge in [0, 0.05) is 29.5 Å². The van der Waals surface area contributed by atoms with Gasteiger partial charge in [-0.05, 0) is 116 Å². The zero-order valence-electron chi connectivity index (χ0n) is 40.1. The summed E-state index contributed by atoms with van der Waals surface area (Å²) in [6, 6.07) is 64.1. The molecule has 0 radical (unpaired) electrons. The summed E-state index contributed by atoms with van der Waals surface area (Å²) in [6.07, 6.45) is 14.5. The molecule has 0 saturated carbocycles. The third kappa shape index (κ3) is 8.98. The smallest absolute Gasteiger partial charge is 0.0980 e. The maximum Gasteiger partial charge on any atom is 0.0980 e. The molecule has 0 aromatic heterocycles. The lowest BCUT2D eigenvalue weighted by Crippen LogP contribution is -2.27. The van der Waals surface area contributed by atoms with Gasteiger partial charge in [0.05, 0.1) is 6.04 Å². The Balaban J connectivity index is 1.13. The SMILES string of the molecule is CCCCC1(CCCC)c2ccccc2-c2ccc(C#CC(c3ccc(-c4ccc5c(c4)C(CCCC)(CCCC)c4ccccc4-5)cc3)N(Cc3ccccc3)Cc3ccccc3)cc21. The van der Waals surface area contributed by atoms with Gasteiger partial charge >= 0.3 is 0 Å². The first-order valence-corrected chi connectivity index (χ1v) is 25.4. The van der Waals surface area contributed by atoms with E-state index in [1.165, 1.54) is 149 Å². The molecular formula is C65H69N. The van der Waals surface area contributed by atoms with Crippen molar-refractivity contribution in [3.63, 3.8) is 0 Å². The van der Waals surface area contributed by atoms with Crippen LogP contribution < -0.4 is 0 Å². The summed E-state index contributed by atoms with van der Waals surface area (Å²) in [6.45, 7) is 10.9. The van der Waals surface area contributed by atoms with Crippen molar-refractivity contribution in [3.8, 4) is 45.2 Å². The predicted molar refractivity (Wildman–Crippen MR) is 281 cm³/mol. The number of hydrogen-bond acceptors (Lipinski definition) is 1. The van der Waals surface area contributed by atoms with Crippen molar-refractivity contribution in [1.29, 1.82) is 0 Å². The first-order valence-electron chi connectivity index (χ1n) is 25.4. The maximum atomic E-state index is 3.95. The lowest BCUT2D eigenvalue weighted by molar-refractivity contribution is 0.219. The van der Waals surface area contributed by atoms with Gasteiger partial charge in [-0.3, -0.25) is 4.90 Å². The van der Waals surface area contributed by atoms with Gasteiger partial charge in [-0.15, -0.1) is 0 Å². The molecule has 9 rings (SSSR count). The Bertz CT molecular complexity index is 2710. The first-order chi connectivity index (χ1) is 32.5. The Morgan fingerprint density at radius 2 is 0.833 bits per heavy atom. The van der Waals surface area contributed by atoms with E-state index >= 15 is 0 Å². The van der Waals surface area contributed by atoms with Gasteiger partial charge in [-0.25, -0.2) is 0 Å². The number of benzene rings is 7. The molecule has 2 aliphatic carbocycles. The van der Waals surface area contributed by atoms with Gasteiger partial charge in [0.2, 0.25) is 0 Å². The van der Waals surface area contributed by atoms with Crippen molar-refractivity contribution < 1.29 is 0 Å². The molecule has 7 aromatic rings. The van der Waals surface area contributed by atoms with E-state index in [9.17, 15) is 0 Å². The highest BCUT2D eigenvalue weighted by Crippen LogP contribution is 2.56. The number of unbranched alkanes of at least 4 members (excludes halogenated alkanes) is 4. The van der Waals surface area contributed by atoms with Gasteiger partial charge < -0.3 is 0 Å². The quantitative estimate of drug-likeness (QED) is 0.0732. The largest absolute Gasteiger partial charge is 0.277 e. The van der Waals surface area contributed by atoms with Crippen molar-refractivity contribution in [3.05, 3.63) is 214 Å². The fraction of sp³-hybridized carbons (Fsp3) is 0.323. The standard InChI is InChI=1S/C65H69N/c1-5-9-41-64(42-10-6-2)59-29-21-19-27-55(59)57-38-31-49(45-61(57)64)32-40-63(66(47-50-23-15-13-16-24-50)48-51-25-17-14-18-26-51)53-35-33-52(34-36-53)54-37-39-58-56-28-20-22-30-60(56)65(43-11-7-3,44-12-8-4)62(58)46-54/h13-31,33-39,45-46,63H,5-12,41-44,47-48H2,1-4H3. The van der Waals surface area contributed by atoms with Crippen LogP contribution >= 0.6 is 0 Å². The van der Waals surface area contributed by atoms with E-state index in [-0.39, 0.29) is 16.9 Å². The molecule has 0 N–H and O–H groups in total. The van der Waals surface area contributed by atoms with E-state index in [2.05, 4.69) is 214 Å². The molecule has 0 saturated heterocycles. The summed E-state index contributed by atoms with van der Waals surface area (Å²) in [5, 5.41) is 0. The number of rotatable bonds is 19. The minimum Gasteiger partial charge on any atom is -0.277 e. The molecular weight excluding hydrogens is 795 g/mol. The Kier molecular flexibility index (Phi) is 14.2. The maximum absolute atomic E-state index is 3.95. The van der Waals surface area contributed by atoms with Crippen molar-refractivity contribution in [2.24, 2.45) is 0 Å². The second kappa shape index (κ2) is 20.7. The van der Waals surface area contributed by atoms with Gasteiger partial charge in [-0.1, -0.05) is 243 Å². The van der Waals surface area contributed by atoms with Gasteiger partial charge in [0.1, 0.15) is 0 Å². The zero-order valence-corrected chi connectivity index (χ0v) is 40.1. The summed E-state index contributed by atoms with van der Waals surface area (Å²) >= 11 is 0. The van der Waals surface area contributed by atoms with E-state index < -0.39 is 0 Å². The van der Waals surface area contributed by atoms with Crippen LogP contribution in [0.1, 0.15) is 155 Å². The highest BCUT2D eigenvalue weighted by atomic mass is 15.1. The highest BCUT2D eigenvalue weighted by Gasteiger charge is 2.43. The summed E-state index contributed by atoms with van der Waals surface area (Å²) in [7, 11) is 0. The van der Waals surface area contributed by atoms with Crippen LogP contribution in [0, 0.1) is 11.8 Å². The van der Waals surface area contributed by atoms with Crippen LogP contribution in [0.3, 0.4) is 0 Å². The number of fused-ring (bicyclic) bond motifs is 6. The molecule has 66 heavy (non-hydrogen) atoms. The van der Waals surface area contributed by atoms with Crippen molar-refractivity contribution >= 4 is 0 Å². The molecule has 1 nitrogen and oxygen atoms in total. The minimum atomic E-state index is -0.139. The fourth-order valence-corrected chi connectivity index (χ4v) is 11.7. The van der Waals surface area contributed by atoms with E-state index in [0.717, 1.165) is 18.7 Å². The van der Waals surface area contributed by atoms with Gasteiger partial charge in [0.15, 0.2) is 0 Å². The predicted octanol–water partition coefficient (Wildman–Crippen LogP) is 17.4. The molecule has 7 aromatic carbocycles. The van der Waals surface area contributed by atoms with Crippen LogP contribution in [0.4, 0.5) is 0 Å². The average Bonchev–Trinajstić information content (AvgIpc) is 3.80. The molecule has 0 heterocycles. The third-order valence-electron chi connectivity index (χ3n) is 15.1. The normalized spacial score (nSPS) is 14.2. The Morgan fingerprint density at radius 1 is 0.409 bits per heavy atom. The minimum absolute atomic E-state index is 0.0313. The first kappa shape index (κ1) is 45.2. The monoisotopic (exact) mass is 864 g/mol. The molecule has 0 fully saturated rings. The van der Waals surface area contributed by atoms with Gasteiger partial charge in [-0.2, -0.15) is 0 Å². The van der Waals surface area contributed by atoms with E-state index in [4.69, 9.17) is 0 Å². The van der Waals surface area contributed by atoms with Crippen LogP contribution in [-0.4, -0.2) is 4.90 Å². The van der Waals surface area contributed by atoms with Gasteiger partial charge in [0.25, 0.3) is 0 Å². The molecule has 0 bridgehead atoms. The zero-order chi connectivity index (χ0) is 45.4. The van der Waals surface area contributed by atoms with Crippen molar-refractivity contribution in [2.45, 2.75) is 135 Å². The summed E-state index contributed by atoms with van der Waals surface area (Å²) in [5.74, 6) is 7.78. The highest BCUT2D eigenvalue weighted by molar-refractivity contribution is 5.84. The molecule has 0 aliphatic heterocycles.